The normalized spacial score (nSPS) is 11.9. The molecule has 3 aromatic rings. The summed E-state index contributed by atoms with van der Waals surface area (Å²) in [7, 11) is 1.56. The smallest absolute Gasteiger partial charge is 0.321 e. The van der Waals surface area contributed by atoms with Crippen molar-refractivity contribution in [2.75, 3.05) is 19.0 Å². The van der Waals surface area contributed by atoms with E-state index in [1.807, 2.05) is 25.3 Å². The van der Waals surface area contributed by atoms with Crippen molar-refractivity contribution in [3.63, 3.8) is 0 Å². The fraction of sp³-hybridized carbons (Fsp3) is 0.273. The Morgan fingerprint density at radius 3 is 2.62 bits per heavy atom. The standard InChI is InChI=1S/C22H25N3O4/c1-14-3-8-19-18(11-14)15(13-24-19)9-10-23-20(22(27)28)12-21(26)25-16-4-6-17(29-2)7-5-16/h3-8,11,13,20,23-24H,9-10,12H2,1-2H3,(H,25,26)(H,27,28)/t20-/m1/s1. The molecule has 1 atom stereocenters. The largest absolute Gasteiger partial charge is 0.497 e. The summed E-state index contributed by atoms with van der Waals surface area (Å²) in [6.07, 6.45) is 2.44. The van der Waals surface area contributed by atoms with E-state index in [9.17, 15) is 14.7 Å². The number of aromatic nitrogens is 1. The van der Waals surface area contributed by atoms with E-state index in [1.54, 1.807) is 31.4 Å². The van der Waals surface area contributed by atoms with Crippen LogP contribution in [0.15, 0.2) is 48.7 Å². The van der Waals surface area contributed by atoms with Crippen molar-refractivity contribution in [1.82, 2.24) is 10.3 Å². The molecule has 0 saturated carbocycles. The van der Waals surface area contributed by atoms with Gasteiger partial charge in [-0.1, -0.05) is 11.6 Å². The van der Waals surface area contributed by atoms with Crippen LogP contribution in [0.5, 0.6) is 5.75 Å². The van der Waals surface area contributed by atoms with E-state index in [2.05, 4.69) is 21.7 Å². The van der Waals surface area contributed by atoms with Crippen molar-refractivity contribution in [1.29, 1.82) is 0 Å². The first-order valence-electron chi connectivity index (χ1n) is 9.43. The van der Waals surface area contributed by atoms with Gasteiger partial charge in [-0.3, -0.25) is 9.59 Å². The molecule has 0 aliphatic heterocycles. The zero-order chi connectivity index (χ0) is 20.8. The maximum Gasteiger partial charge on any atom is 0.321 e. The molecule has 1 amide bonds. The number of ether oxygens (including phenoxy) is 1. The highest BCUT2D eigenvalue weighted by Gasteiger charge is 2.20. The Balaban J connectivity index is 1.54. The molecule has 0 spiro atoms. The van der Waals surface area contributed by atoms with Gasteiger partial charge >= 0.3 is 5.97 Å². The fourth-order valence-electron chi connectivity index (χ4n) is 3.20. The molecule has 0 bridgehead atoms. The molecular formula is C22H25N3O4. The van der Waals surface area contributed by atoms with Crippen molar-refractivity contribution in [2.24, 2.45) is 0 Å². The van der Waals surface area contributed by atoms with Gasteiger partial charge < -0.3 is 25.5 Å². The summed E-state index contributed by atoms with van der Waals surface area (Å²) >= 11 is 0. The summed E-state index contributed by atoms with van der Waals surface area (Å²) in [6, 6.07) is 12.1. The fourth-order valence-corrected chi connectivity index (χ4v) is 3.20. The van der Waals surface area contributed by atoms with Crippen molar-refractivity contribution in [3.05, 3.63) is 59.8 Å². The van der Waals surface area contributed by atoms with Gasteiger partial charge in [-0.15, -0.1) is 0 Å². The Kier molecular flexibility index (Phi) is 6.51. The maximum atomic E-state index is 12.2. The van der Waals surface area contributed by atoms with Crippen LogP contribution in [0.1, 0.15) is 17.5 Å². The SMILES string of the molecule is COc1ccc(NC(=O)C[C@@H](NCCc2c[nH]c3ccc(C)cc23)C(=O)O)cc1. The number of carbonyl (C=O) groups excluding carboxylic acids is 1. The second-order valence-electron chi connectivity index (χ2n) is 6.94. The predicted octanol–water partition coefficient (Wildman–Crippen LogP) is 3.10. The number of amides is 1. The van der Waals surface area contributed by atoms with Crippen LogP contribution in [-0.4, -0.2) is 41.7 Å². The maximum absolute atomic E-state index is 12.2. The highest BCUT2D eigenvalue weighted by Crippen LogP contribution is 2.20. The quantitative estimate of drug-likeness (QED) is 0.446. The first-order chi connectivity index (χ1) is 14.0. The number of aryl methyl sites for hydroxylation is 1. The van der Waals surface area contributed by atoms with Gasteiger partial charge in [0, 0.05) is 29.3 Å². The molecule has 0 aliphatic rings. The minimum Gasteiger partial charge on any atom is -0.497 e. The van der Waals surface area contributed by atoms with Crippen LogP contribution in [-0.2, 0) is 16.0 Å². The van der Waals surface area contributed by atoms with E-state index in [0.717, 1.165) is 16.5 Å². The predicted molar refractivity (Wildman–Crippen MR) is 112 cm³/mol. The highest BCUT2D eigenvalue weighted by molar-refractivity contribution is 5.94. The number of benzene rings is 2. The average molecular weight is 395 g/mol. The van der Waals surface area contributed by atoms with Crippen molar-refractivity contribution in [3.8, 4) is 5.75 Å². The molecule has 0 fully saturated rings. The lowest BCUT2D eigenvalue weighted by atomic mass is 10.1. The number of carboxylic acids is 1. The topological polar surface area (TPSA) is 103 Å². The second-order valence-corrected chi connectivity index (χ2v) is 6.94. The second kappa shape index (κ2) is 9.25. The number of nitrogens with one attached hydrogen (secondary N) is 3. The molecule has 0 saturated heterocycles. The van der Waals surface area contributed by atoms with Crippen LogP contribution in [0, 0.1) is 6.92 Å². The summed E-state index contributed by atoms with van der Waals surface area (Å²) in [5.74, 6) is -0.733. The van der Waals surface area contributed by atoms with Crippen LogP contribution in [0.3, 0.4) is 0 Å². The van der Waals surface area contributed by atoms with E-state index in [4.69, 9.17) is 4.74 Å². The van der Waals surface area contributed by atoms with Gasteiger partial charge in [-0.25, -0.2) is 0 Å². The first-order valence-corrected chi connectivity index (χ1v) is 9.43. The molecule has 7 nitrogen and oxygen atoms in total. The summed E-state index contributed by atoms with van der Waals surface area (Å²) in [6.45, 7) is 2.49. The van der Waals surface area contributed by atoms with Gasteiger partial charge in [0.1, 0.15) is 11.8 Å². The van der Waals surface area contributed by atoms with Crippen LogP contribution in [0.25, 0.3) is 10.9 Å². The average Bonchev–Trinajstić information content (AvgIpc) is 3.09. The summed E-state index contributed by atoms with van der Waals surface area (Å²) in [5, 5.41) is 16.3. The van der Waals surface area contributed by atoms with Crippen LogP contribution < -0.4 is 15.4 Å². The number of anilines is 1. The van der Waals surface area contributed by atoms with E-state index in [0.29, 0.717) is 24.4 Å². The zero-order valence-corrected chi connectivity index (χ0v) is 16.5. The number of methoxy groups -OCH3 is 1. The zero-order valence-electron chi connectivity index (χ0n) is 16.5. The molecule has 0 unspecified atom stereocenters. The minimum absolute atomic E-state index is 0.158. The number of rotatable bonds is 9. The summed E-state index contributed by atoms with van der Waals surface area (Å²) in [5.41, 5.74) is 3.93. The molecule has 152 valence electrons. The van der Waals surface area contributed by atoms with Gasteiger partial charge in [-0.2, -0.15) is 0 Å². The Morgan fingerprint density at radius 1 is 1.17 bits per heavy atom. The van der Waals surface area contributed by atoms with Gasteiger partial charge in [-0.05, 0) is 55.3 Å². The summed E-state index contributed by atoms with van der Waals surface area (Å²) in [4.78, 5) is 27.0. The molecular weight excluding hydrogens is 370 g/mol. The number of aliphatic carboxylic acids is 1. The lowest BCUT2D eigenvalue weighted by molar-refractivity contribution is -0.141. The number of carbonyl (C=O) groups is 2. The minimum atomic E-state index is -1.05. The third-order valence-electron chi connectivity index (χ3n) is 4.77. The molecule has 3 rings (SSSR count). The molecule has 1 heterocycles. The van der Waals surface area contributed by atoms with Crippen LogP contribution in [0.2, 0.25) is 0 Å². The lowest BCUT2D eigenvalue weighted by Crippen LogP contribution is -2.40. The van der Waals surface area contributed by atoms with Crippen molar-refractivity contribution >= 4 is 28.5 Å². The molecule has 2 aromatic carbocycles. The van der Waals surface area contributed by atoms with Gasteiger partial charge in [0.15, 0.2) is 0 Å². The number of hydrogen-bond acceptors (Lipinski definition) is 4. The first kappa shape index (κ1) is 20.4. The Morgan fingerprint density at radius 2 is 1.93 bits per heavy atom. The molecule has 0 aliphatic carbocycles. The lowest BCUT2D eigenvalue weighted by Gasteiger charge is -2.14. The van der Waals surface area contributed by atoms with E-state index in [1.165, 1.54) is 5.56 Å². The van der Waals surface area contributed by atoms with E-state index >= 15 is 0 Å². The van der Waals surface area contributed by atoms with Crippen molar-refractivity contribution < 1.29 is 19.4 Å². The molecule has 0 radical (unpaired) electrons. The van der Waals surface area contributed by atoms with E-state index in [-0.39, 0.29) is 12.3 Å². The van der Waals surface area contributed by atoms with Crippen molar-refractivity contribution in [2.45, 2.75) is 25.8 Å². The monoisotopic (exact) mass is 395 g/mol. The van der Waals surface area contributed by atoms with Crippen LogP contribution in [0.4, 0.5) is 5.69 Å². The number of carboxylic acid groups (broad SMARTS) is 1. The highest BCUT2D eigenvalue weighted by atomic mass is 16.5. The Bertz CT molecular complexity index is 995. The number of H-pyrrole nitrogens is 1. The molecule has 4 N–H and O–H groups in total. The molecule has 7 heteroatoms. The Hall–Kier alpha value is -3.32. The summed E-state index contributed by atoms with van der Waals surface area (Å²) < 4.78 is 5.08. The molecule has 1 aromatic heterocycles. The van der Waals surface area contributed by atoms with Gasteiger partial charge in [0.2, 0.25) is 5.91 Å². The number of fused-ring (bicyclic) bond motifs is 1. The number of aromatic amines is 1. The van der Waals surface area contributed by atoms with Gasteiger partial charge in [0.25, 0.3) is 0 Å². The molecule has 29 heavy (non-hydrogen) atoms. The Labute approximate surface area is 169 Å². The van der Waals surface area contributed by atoms with E-state index < -0.39 is 12.0 Å². The van der Waals surface area contributed by atoms with Crippen LogP contribution >= 0.6 is 0 Å². The van der Waals surface area contributed by atoms with Gasteiger partial charge in [0.05, 0.1) is 13.5 Å². The number of hydrogen-bond donors (Lipinski definition) is 4. The third kappa shape index (κ3) is 5.36. The third-order valence-corrected chi connectivity index (χ3v) is 4.77.